The molecule has 34 heavy (non-hydrogen) atoms. The number of nitro groups is 1. The van der Waals surface area contributed by atoms with Crippen molar-refractivity contribution in [3.05, 3.63) is 63.7 Å². The average molecular weight is 489 g/mol. The Hall–Kier alpha value is -2.98. The maximum absolute atomic E-state index is 13.3. The van der Waals surface area contributed by atoms with Crippen LogP contribution in [0.1, 0.15) is 49.5 Å². The fraction of sp³-hybridized carbons (Fsp3) is 0.458. The SMILES string of the molecule is CCN(CC)S(=O)(=O)c1ccc(N2CCC(C)CC2)c(C(=O)NCc2ccc([N+](=O)[O-])cc2)c1. The zero-order valence-corrected chi connectivity index (χ0v) is 20.7. The molecule has 1 aliphatic rings. The number of benzene rings is 2. The topological polar surface area (TPSA) is 113 Å². The van der Waals surface area contributed by atoms with E-state index in [-0.39, 0.29) is 23.0 Å². The highest BCUT2D eigenvalue weighted by Gasteiger charge is 2.26. The second-order valence-electron chi connectivity index (χ2n) is 8.54. The number of rotatable bonds is 9. The number of carbonyl (C=O) groups excluding carboxylic acids is 1. The van der Waals surface area contributed by atoms with Crippen LogP contribution < -0.4 is 10.2 Å². The Bertz CT molecular complexity index is 1120. The van der Waals surface area contributed by atoms with E-state index in [1.54, 1.807) is 38.1 Å². The maximum atomic E-state index is 13.3. The quantitative estimate of drug-likeness (QED) is 0.424. The van der Waals surface area contributed by atoms with Crippen molar-refractivity contribution in [3.63, 3.8) is 0 Å². The van der Waals surface area contributed by atoms with Gasteiger partial charge in [0.15, 0.2) is 0 Å². The summed E-state index contributed by atoms with van der Waals surface area (Å²) in [6.45, 7) is 8.20. The van der Waals surface area contributed by atoms with E-state index in [1.165, 1.54) is 22.5 Å². The van der Waals surface area contributed by atoms with Crippen LogP contribution in [-0.4, -0.2) is 49.7 Å². The van der Waals surface area contributed by atoms with Crippen molar-refractivity contribution in [2.45, 2.75) is 45.1 Å². The number of nitrogens with zero attached hydrogens (tertiary/aromatic N) is 3. The lowest BCUT2D eigenvalue weighted by Gasteiger charge is -2.33. The number of anilines is 1. The van der Waals surface area contributed by atoms with Gasteiger partial charge in [-0.3, -0.25) is 14.9 Å². The fourth-order valence-corrected chi connectivity index (χ4v) is 5.59. The summed E-state index contributed by atoms with van der Waals surface area (Å²) >= 11 is 0. The molecule has 1 heterocycles. The lowest BCUT2D eigenvalue weighted by molar-refractivity contribution is -0.384. The van der Waals surface area contributed by atoms with Crippen LogP contribution >= 0.6 is 0 Å². The van der Waals surface area contributed by atoms with Gasteiger partial charge in [0.2, 0.25) is 10.0 Å². The van der Waals surface area contributed by atoms with Crippen molar-refractivity contribution in [1.29, 1.82) is 0 Å². The molecule has 0 aliphatic carbocycles. The van der Waals surface area contributed by atoms with Gasteiger partial charge >= 0.3 is 0 Å². The molecule has 2 aromatic carbocycles. The van der Waals surface area contributed by atoms with Crippen molar-refractivity contribution in [2.24, 2.45) is 5.92 Å². The zero-order valence-electron chi connectivity index (χ0n) is 19.9. The van der Waals surface area contributed by atoms with Crippen LogP contribution in [0.5, 0.6) is 0 Å². The largest absolute Gasteiger partial charge is 0.371 e. The van der Waals surface area contributed by atoms with Crippen LogP contribution in [0.25, 0.3) is 0 Å². The number of non-ortho nitro benzene ring substituents is 1. The molecule has 2 aromatic rings. The Kier molecular flexibility index (Phi) is 8.27. The van der Waals surface area contributed by atoms with Crippen molar-refractivity contribution >= 4 is 27.3 Å². The molecule has 3 rings (SSSR count). The summed E-state index contributed by atoms with van der Waals surface area (Å²) in [6, 6.07) is 10.7. The monoisotopic (exact) mass is 488 g/mol. The van der Waals surface area contributed by atoms with E-state index in [9.17, 15) is 23.3 Å². The highest BCUT2D eigenvalue weighted by Crippen LogP contribution is 2.29. The van der Waals surface area contributed by atoms with E-state index in [0.29, 0.717) is 35.8 Å². The van der Waals surface area contributed by atoms with Crippen LogP contribution in [0.2, 0.25) is 0 Å². The molecule has 0 atom stereocenters. The fourth-order valence-electron chi connectivity index (χ4n) is 4.11. The second-order valence-corrected chi connectivity index (χ2v) is 10.5. The molecule has 10 heteroatoms. The van der Waals surface area contributed by atoms with Crippen LogP contribution in [-0.2, 0) is 16.6 Å². The van der Waals surface area contributed by atoms with E-state index in [4.69, 9.17) is 0 Å². The Morgan fingerprint density at radius 2 is 1.74 bits per heavy atom. The molecule has 184 valence electrons. The third-order valence-electron chi connectivity index (χ3n) is 6.28. The van der Waals surface area contributed by atoms with Gasteiger partial charge in [0.1, 0.15) is 0 Å². The van der Waals surface area contributed by atoms with Gasteiger partial charge in [0.05, 0.1) is 15.4 Å². The van der Waals surface area contributed by atoms with Crippen LogP contribution in [0.3, 0.4) is 0 Å². The molecule has 0 spiro atoms. The van der Waals surface area contributed by atoms with Crippen LogP contribution in [0, 0.1) is 16.0 Å². The van der Waals surface area contributed by atoms with Gasteiger partial charge in [-0.15, -0.1) is 0 Å². The molecular weight excluding hydrogens is 456 g/mol. The van der Waals surface area contributed by atoms with E-state index in [2.05, 4.69) is 17.1 Å². The predicted octanol–water partition coefficient (Wildman–Crippen LogP) is 3.79. The highest BCUT2D eigenvalue weighted by atomic mass is 32.2. The number of hydrogen-bond donors (Lipinski definition) is 1. The summed E-state index contributed by atoms with van der Waals surface area (Å²) in [7, 11) is -3.72. The average Bonchev–Trinajstić information content (AvgIpc) is 2.83. The Morgan fingerprint density at radius 3 is 2.29 bits per heavy atom. The number of hydrogen-bond acceptors (Lipinski definition) is 6. The van der Waals surface area contributed by atoms with E-state index >= 15 is 0 Å². The molecule has 0 unspecified atom stereocenters. The van der Waals surface area contributed by atoms with Gasteiger partial charge in [-0.2, -0.15) is 4.31 Å². The van der Waals surface area contributed by atoms with Gasteiger partial charge in [0.25, 0.3) is 11.6 Å². The van der Waals surface area contributed by atoms with Gasteiger partial charge in [0, 0.05) is 50.5 Å². The zero-order chi connectivity index (χ0) is 24.9. The van der Waals surface area contributed by atoms with Crippen molar-refractivity contribution in [2.75, 3.05) is 31.1 Å². The Morgan fingerprint density at radius 1 is 1.12 bits per heavy atom. The van der Waals surface area contributed by atoms with Gasteiger partial charge in [-0.05, 0) is 42.5 Å². The second kappa shape index (κ2) is 11.0. The highest BCUT2D eigenvalue weighted by molar-refractivity contribution is 7.89. The Labute approximate surface area is 201 Å². The third-order valence-corrected chi connectivity index (χ3v) is 8.33. The van der Waals surface area contributed by atoms with Crippen LogP contribution in [0.4, 0.5) is 11.4 Å². The first-order valence-corrected chi connectivity index (χ1v) is 13.0. The molecule has 0 radical (unpaired) electrons. The molecule has 1 amide bonds. The summed E-state index contributed by atoms with van der Waals surface area (Å²) < 4.78 is 27.5. The van der Waals surface area contributed by atoms with Crippen molar-refractivity contribution in [1.82, 2.24) is 9.62 Å². The molecule has 0 bridgehead atoms. The minimum atomic E-state index is -3.72. The third kappa shape index (κ3) is 5.74. The van der Waals surface area contributed by atoms with Crippen molar-refractivity contribution in [3.8, 4) is 0 Å². The predicted molar refractivity (Wildman–Crippen MR) is 131 cm³/mol. The standard InChI is InChI=1S/C24H32N4O5S/c1-4-27(5-2)34(32,33)21-10-11-23(26-14-12-18(3)13-15-26)22(16-21)24(29)25-17-19-6-8-20(9-7-19)28(30)31/h6-11,16,18H,4-5,12-15,17H2,1-3H3,(H,25,29). The summed E-state index contributed by atoms with van der Waals surface area (Å²) in [6.07, 6.45) is 2.01. The van der Waals surface area contributed by atoms with E-state index in [0.717, 1.165) is 25.9 Å². The molecular formula is C24H32N4O5S. The maximum Gasteiger partial charge on any atom is 0.269 e. The van der Waals surface area contributed by atoms with Crippen molar-refractivity contribution < 1.29 is 18.1 Å². The van der Waals surface area contributed by atoms with E-state index in [1.807, 2.05) is 0 Å². The molecule has 1 N–H and O–H groups in total. The molecule has 0 saturated carbocycles. The lowest BCUT2D eigenvalue weighted by atomic mass is 9.98. The first-order valence-electron chi connectivity index (χ1n) is 11.6. The summed E-state index contributed by atoms with van der Waals surface area (Å²) in [4.78, 5) is 25.9. The number of amides is 1. The minimum absolute atomic E-state index is 0.0222. The van der Waals surface area contributed by atoms with E-state index < -0.39 is 14.9 Å². The normalized spacial score (nSPS) is 14.9. The number of sulfonamides is 1. The summed E-state index contributed by atoms with van der Waals surface area (Å²) in [5, 5.41) is 13.7. The van der Waals surface area contributed by atoms with Crippen LogP contribution in [0.15, 0.2) is 47.4 Å². The van der Waals surface area contributed by atoms with Gasteiger partial charge in [-0.25, -0.2) is 8.42 Å². The molecule has 1 fully saturated rings. The molecule has 9 nitrogen and oxygen atoms in total. The first kappa shape index (κ1) is 25.6. The number of nitro benzene ring substituents is 1. The number of piperidine rings is 1. The molecule has 0 aromatic heterocycles. The summed E-state index contributed by atoms with van der Waals surface area (Å²) in [5.41, 5.74) is 1.71. The minimum Gasteiger partial charge on any atom is -0.371 e. The number of nitrogens with one attached hydrogen (secondary N) is 1. The first-order chi connectivity index (χ1) is 16.2. The Balaban J connectivity index is 1.90. The summed E-state index contributed by atoms with van der Waals surface area (Å²) in [5.74, 6) is 0.224. The smallest absolute Gasteiger partial charge is 0.269 e. The number of carbonyl (C=O) groups is 1. The van der Waals surface area contributed by atoms with Gasteiger partial charge < -0.3 is 10.2 Å². The molecule has 1 saturated heterocycles. The molecule has 1 aliphatic heterocycles. The lowest BCUT2D eigenvalue weighted by Crippen LogP contribution is -2.35. The van der Waals surface area contributed by atoms with Gasteiger partial charge in [-0.1, -0.05) is 32.9 Å².